The highest BCUT2D eigenvalue weighted by atomic mass is 16.4. The lowest BCUT2D eigenvalue weighted by Crippen LogP contribution is -2.13. The van der Waals surface area contributed by atoms with E-state index in [1.807, 2.05) is 37.2 Å². The van der Waals surface area contributed by atoms with Gasteiger partial charge in [-0.3, -0.25) is 0 Å². The van der Waals surface area contributed by atoms with E-state index in [0.717, 1.165) is 11.1 Å². The summed E-state index contributed by atoms with van der Waals surface area (Å²) in [4.78, 5) is 13.1. The smallest absolute Gasteiger partial charge is 0.342 e. The maximum atomic E-state index is 11.2. The first kappa shape index (κ1) is 8.97. The van der Waals surface area contributed by atoms with Gasteiger partial charge in [0, 0.05) is 0 Å². The molecule has 0 saturated carbocycles. The molecule has 0 bridgehead atoms. The predicted octanol–water partition coefficient (Wildman–Crippen LogP) is 1.82. The van der Waals surface area contributed by atoms with Gasteiger partial charge in [0.2, 0.25) is 0 Å². The standard InChI is InChI=1S/C11H11NO2/c1-12(2)9-7-11(13)14-10-6-4-3-5-8(9)10/h3-7H,1-2H3/q+1. The lowest BCUT2D eigenvalue weighted by atomic mass is 10.2. The quantitative estimate of drug-likeness (QED) is 0.506. The molecule has 0 spiro atoms. The third-order valence-electron chi connectivity index (χ3n) is 2.11. The van der Waals surface area contributed by atoms with Gasteiger partial charge >= 0.3 is 5.63 Å². The van der Waals surface area contributed by atoms with Gasteiger partial charge in [0.15, 0.2) is 5.69 Å². The Bertz CT molecular complexity index is 514. The fraction of sp³-hybridized carbons (Fsp3) is 0.182. The molecule has 0 saturated heterocycles. The summed E-state index contributed by atoms with van der Waals surface area (Å²) >= 11 is 0. The van der Waals surface area contributed by atoms with E-state index in [9.17, 15) is 4.79 Å². The van der Waals surface area contributed by atoms with Crippen LogP contribution in [0.2, 0.25) is 0 Å². The van der Waals surface area contributed by atoms with Crippen LogP contribution in [-0.4, -0.2) is 14.1 Å². The van der Waals surface area contributed by atoms with Crippen molar-refractivity contribution in [1.82, 2.24) is 4.90 Å². The monoisotopic (exact) mass is 189 g/mol. The molecule has 71 valence electrons. The Balaban J connectivity index is 2.87. The average molecular weight is 189 g/mol. The number of nitrogens with zero attached hydrogens (tertiary/aromatic N) is 1. The second-order valence-corrected chi connectivity index (χ2v) is 3.34. The minimum Gasteiger partial charge on any atom is -0.422 e. The molecule has 3 nitrogen and oxygen atoms in total. The molecule has 0 N–H and O–H groups in total. The summed E-state index contributed by atoms with van der Waals surface area (Å²) in [6, 6.07) is 9.01. The van der Waals surface area contributed by atoms with Crippen LogP contribution in [0.25, 0.3) is 11.0 Å². The zero-order chi connectivity index (χ0) is 10.1. The molecule has 3 heteroatoms. The number of hydrogen-bond acceptors (Lipinski definition) is 3. The van der Waals surface area contributed by atoms with Gasteiger partial charge in [-0.2, -0.15) is 0 Å². The number of benzene rings is 1. The highest BCUT2D eigenvalue weighted by molar-refractivity contribution is 5.87. The molecule has 0 aliphatic heterocycles. The largest absolute Gasteiger partial charge is 0.422 e. The lowest BCUT2D eigenvalue weighted by molar-refractivity contribution is 0.558. The van der Waals surface area contributed by atoms with E-state index in [0.29, 0.717) is 5.58 Å². The Kier molecular flexibility index (Phi) is 2.09. The molecule has 0 aliphatic rings. The Morgan fingerprint density at radius 2 is 1.93 bits per heavy atom. The molecule has 0 atom stereocenters. The molecular weight excluding hydrogens is 178 g/mol. The molecule has 0 amide bonds. The van der Waals surface area contributed by atoms with Crippen molar-refractivity contribution in [3.05, 3.63) is 40.8 Å². The lowest BCUT2D eigenvalue weighted by Gasteiger charge is -2.02. The van der Waals surface area contributed by atoms with Gasteiger partial charge in [0.25, 0.3) is 0 Å². The van der Waals surface area contributed by atoms with E-state index in [2.05, 4.69) is 0 Å². The number of anilines is 1. The van der Waals surface area contributed by atoms with Crippen molar-refractivity contribution in [3.63, 3.8) is 0 Å². The van der Waals surface area contributed by atoms with Crippen molar-refractivity contribution < 1.29 is 4.42 Å². The molecule has 2 aromatic rings. The number of hydrogen-bond donors (Lipinski definition) is 0. The minimum atomic E-state index is -0.313. The van der Waals surface area contributed by atoms with Crippen LogP contribution in [0.1, 0.15) is 0 Å². The summed E-state index contributed by atoms with van der Waals surface area (Å²) in [5, 5.41) is 0.956. The van der Waals surface area contributed by atoms with E-state index in [1.165, 1.54) is 6.07 Å². The Hall–Kier alpha value is -1.61. The van der Waals surface area contributed by atoms with Gasteiger partial charge in [-0.25, -0.2) is 4.79 Å². The third kappa shape index (κ3) is 1.42. The summed E-state index contributed by atoms with van der Waals surface area (Å²) < 4.78 is 5.07. The third-order valence-corrected chi connectivity index (χ3v) is 2.11. The van der Waals surface area contributed by atoms with Crippen LogP contribution >= 0.6 is 0 Å². The van der Waals surface area contributed by atoms with E-state index in [4.69, 9.17) is 4.42 Å². The number of para-hydroxylation sites is 1. The van der Waals surface area contributed by atoms with Crippen LogP contribution in [0, 0.1) is 0 Å². The van der Waals surface area contributed by atoms with Crippen LogP contribution in [0.5, 0.6) is 0 Å². The Morgan fingerprint density at radius 1 is 1.21 bits per heavy atom. The van der Waals surface area contributed by atoms with Crippen LogP contribution in [0.3, 0.4) is 0 Å². The van der Waals surface area contributed by atoms with Crippen LogP contribution in [0.4, 0.5) is 5.69 Å². The molecule has 1 aromatic heterocycles. The second kappa shape index (κ2) is 3.27. The van der Waals surface area contributed by atoms with Gasteiger partial charge in [0.1, 0.15) is 19.7 Å². The van der Waals surface area contributed by atoms with Gasteiger partial charge in [0.05, 0.1) is 11.5 Å². The first-order chi connectivity index (χ1) is 6.68. The van der Waals surface area contributed by atoms with Crippen molar-refractivity contribution in [2.24, 2.45) is 0 Å². The van der Waals surface area contributed by atoms with Crippen molar-refractivity contribution in [2.45, 2.75) is 0 Å². The normalized spacial score (nSPS) is 11.1. The molecule has 0 unspecified atom stereocenters. The SMILES string of the molecule is C[N+](C)c1cc(=O)oc2ccccc12. The molecule has 1 aromatic carbocycles. The molecule has 1 heterocycles. The highest BCUT2D eigenvalue weighted by Crippen LogP contribution is 2.22. The Labute approximate surface area is 81.6 Å². The van der Waals surface area contributed by atoms with Crippen molar-refractivity contribution in [3.8, 4) is 0 Å². The summed E-state index contributed by atoms with van der Waals surface area (Å²) in [5.74, 6) is 0. The minimum absolute atomic E-state index is 0.313. The van der Waals surface area contributed by atoms with E-state index < -0.39 is 0 Å². The maximum absolute atomic E-state index is 11.2. The molecule has 0 fully saturated rings. The van der Waals surface area contributed by atoms with Crippen LogP contribution in [-0.2, 0) is 0 Å². The number of rotatable bonds is 1. The summed E-state index contributed by atoms with van der Waals surface area (Å²) in [7, 11) is 3.81. The molecule has 14 heavy (non-hydrogen) atoms. The van der Waals surface area contributed by atoms with Crippen molar-refractivity contribution >= 4 is 16.7 Å². The maximum Gasteiger partial charge on any atom is 0.342 e. The summed E-state index contributed by atoms with van der Waals surface area (Å²) in [6.45, 7) is 0. The first-order valence-electron chi connectivity index (χ1n) is 4.39. The molecular formula is C11H11NO2+. The second-order valence-electron chi connectivity index (χ2n) is 3.34. The average Bonchev–Trinajstić information content (AvgIpc) is 2.16. The van der Waals surface area contributed by atoms with Gasteiger partial charge in [-0.15, -0.1) is 4.90 Å². The first-order valence-corrected chi connectivity index (χ1v) is 4.39. The van der Waals surface area contributed by atoms with Crippen molar-refractivity contribution in [2.75, 3.05) is 14.1 Å². The highest BCUT2D eigenvalue weighted by Gasteiger charge is 2.13. The van der Waals surface area contributed by atoms with Gasteiger partial charge in [-0.05, 0) is 12.1 Å². The number of fused-ring (bicyclic) bond motifs is 1. The van der Waals surface area contributed by atoms with Crippen LogP contribution < -0.4 is 10.5 Å². The molecule has 1 radical (unpaired) electrons. The molecule has 0 aliphatic carbocycles. The molecule has 2 rings (SSSR count). The van der Waals surface area contributed by atoms with E-state index >= 15 is 0 Å². The zero-order valence-corrected chi connectivity index (χ0v) is 8.15. The van der Waals surface area contributed by atoms with Gasteiger partial charge < -0.3 is 4.42 Å². The Morgan fingerprint density at radius 3 is 2.64 bits per heavy atom. The van der Waals surface area contributed by atoms with Gasteiger partial charge in [-0.1, -0.05) is 12.1 Å². The summed E-state index contributed by atoms with van der Waals surface area (Å²) in [6.07, 6.45) is 0. The summed E-state index contributed by atoms with van der Waals surface area (Å²) in [5.41, 5.74) is 1.20. The van der Waals surface area contributed by atoms with E-state index in [-0.39, 0.29) is 5.63 Å². The fourth-order valence-electron chi connectivity index (χ4n) is 1.46. The topological polar surface area (TPSA) is 36.1 Å². The fourth-order valence-corrected chi connectivity index (χ4v) is 1.46. The zero-order valence-electron chi connectivity index (χ0n) is 8.15. The van der Waals surface area contributed by atoms with Crippen molar-refractivity contribution in [1.29, 1.82) is 0 Å². The van der Waals surface area contributed by atoms with E-state index in [1.54, 1.807) is 6.07 Å². The predicted molar refractivity (Wildman–Crippen MR) is 56.1 cm³/mol. The van der Waals surface area contributed by atoms with Crippen LogP contribution in [0.15, 0.2) is 39.5 Å².